The number of carbonyl (C=O) groups is 1. The number of benzene rings is 1. The van der Waals surface area contributed by atoms with Gasteiger partial charge in [0.25, 0.3) is 5.69 Å². The van der Waals surface area contributed by atoms with Gasteiger partial charge in [-0.2, -0.15) is 0 Å². The van der Waals surface area contributed by atoms with Crippen molar-refractivity contribution in [3.8, 4) is 0 Å². The average Bonchev–Trinajstić information content (AvgIpc) is 2.45. The Morgan fingerprint density at radius 2 is 1.85 bits per heavy atom. The molecule has 0 fully saturated rings. The van der Waals surface area contributed by atoms with Crippen LogP contribution in [0.25, 0.3) is 0 Å². The number of hydrogen-bond donors (Lipinski definition) is 0. The number of Topliss-reactive ketones (excluding diaryl/α,β-unsaturated/α-hetero) is 1. The summed E-state index contributed by atoms with van der Waals surface area (Å²) in [6, 6.07) is 5.77. The largest absolute Gasteiger partial charge is 0.301 e. The van der Waals surface area contributed by atoms with Crippen LogP contribution in [-0.2, 0) is 0 Å². The monoisotopic (exact) mass is 318 g/mol. The van der Waals surface area contributed by atoms with Crippen molar-refractivity contribution in [3.63, 3.8) is 0 Å². The molecule has 1 aromatic rings. The first-order valence-corrected chi connectivity index (χ1v) is 7.27. The fourth-order valence-corrected chi connectivity index (χ4v) is 2.25. The van der Waals surface area contributed by atoms with Gasteiger partial charge in [0.2, 0.25) is 0 Å². The molecule has 110 valence electrons. The average molecular weight is 319 g/mol. The molecule has 0 saturated carbocycles. The highest BCUT2D eigenvalue weighted by atomic mass is 35.5. The van der Waals surface area contributed by atoms with Gasteiger partial charge in [0.15, 0.2) is 5.78 Å². The quantitative estimate of drug-likeness (QED) is 0.304. The highest BCUT2D eigenvalue weighted by Gasteiger charge is 2.13. The van der Waals surface area contributed by atoms with Crippen molar-refractivity contribution in [1.29, 1.82) is 0 Å². The number of nitro benzene ring substituents is 1. The lowest BCUT2D eigenvalue weighted by Crippen LogP contribution is -2.30. The Balaban J connectivity index is 2.61. The van der Waals surface area contributed by atoms with E-state index in [-0.39, 0.29) is 17.9 Å². The van der Waals surface area contributed by atoms with Gasteiger partial charge in [-0.1, -0.05) is 12.1 Å². The molecule has 0 N–H and O–H groups in total. The molecule has 1 aromatic carbocycles. The van der Waals surface area contributed by atoms with E-state index in [2.05, 4.69) is 0 Å². The second-order valence-corrected chi connectivity index (χ2v) is 4.96. The Morgan fingerprint density at radius 3 is 2.40 bits per heavy atom. The van der Waals surface area contributed by atoms with Crippen molar-refractivity contribution in [1.82, 2.24) is 4.90 Å². The zero-order valence-corrected chi connectivity index (χ0v) is 12.4. The van der Waals surface area contributed by atoms with Gasteiger partial charge in [-0.05, 0) is 0 Å². The Kier molecular flexibility index (Phi) is 7.51. The van der Waals surface area contributed by atoms with Gasteiger partial charge < -0.3 is 4.90 Å². The van der Waals surface area contributed by atoms with Crippen LogP contribution in [0.1, 0.15) is 16.8 Å². The lowest BCUT2D eigenvalue weighted by atomic mass is 10.1. The van der Waals surface area contributed by atoms with Crippen LogP contribution >= 0.6 is 23.2 Å². The van der Waals surface area contributed by atoms with E-state index in [9.17, 15) is 14.9 Å². The van der Waals surface area contributed by atoms with Crippen LogP contribution in [-0.4, -0.2) is 47.0 Å². The first kappa shape index (κ1) is 16.9. The summed E-state index contributed by atoms with van der Waals surface area (Å²) in [6.07, 6.45) is 0.287. The summed E-state index contributed by atoms with van der Waals surface area (Å²) >= 11 is 11.4. The zero-order chi connectivity index (χ0) is 15.0. The zero-order valence-electron chi connectivity index (χ0n) is 10.9. The van der Waals surface area contributed by atoms with Crippen molar-refractivity contribution in [2.75, 3.05) is 31.4 Å². The molecule has 0 aliphatic rings. The van der Waals surface area contributed by atoms with E-state index in [4.69, 9.17) is 23.2 Å². The molecule has 0 saturated heterocycles. The van der Waals surface area contributed by atoms with E-state index < -0.39 is 4.92 Å². The third-order valence-corrected chi connectivity index (χ3v) is 3.17. The van der Waals surface area contributed by atoms with Crippen LogP contribution in [0, 0.1) is 10.1 Å². The van der Waals surface area contributed by atoms with E-state index in [0.717, 1.165) is 0 Å². The number of hydrogen-bond acceptors (Lipinski definition) is 4. The number of nitrogens with zero attached hydrogens (tertiary/aromatic N) is 2. The van der Waals surface area contributed by atoms with Gasteiger partial charge in [0.1, 0.15) is 0 Å². The SMILES string of the molecule is O=C(CCN(CCCl)CCCl)c1cccc([N+](=O)[O-])c1. The standard InChI is InChI=1S/C13H16Cl2N2O3/c14-5-8-16(9-6-15)7-4-13(18)11-2-1-3-12(10-11)17(19)20/h1-3,10H,4-9H2. The number of ketones is 1. The van der Waals surface area contributed by atoms with Crippen LogP contribution < -0.4 is 0 Å². The lowest BCUT2D eigenvalue weighted by Gasteiger charge is -2.19. The van der Waals surface area contributed by atoms with Crippen LogP contribution in [0.2, 0.25) is 0 Å². The molecule has 5 nitrogen and oxygen atoms in total. The van der Waals surface area contributed by atoms with Crippen molar-refractivity contribution < 1.29 is 9.72 Å². The topological polar surface area (TPSA) is 63.5 Å². The lowest BCUT2D eigenvalue weighted by molar-refractivity contribution is -0.384. The molecule has 7 heteroatoms. The molecule has 0 bridgehead atoms. The Bertz CT molecular complexity index is 463. The predicted octanol–water partition coefficient (Wildman–Crippen LogP) is 2.95. The number of rotatable bonds is 9. The fourth-order valence-electron chi connectivity index (χ4n) is 1.77. The molecule has 1 rings (SSSR count). The molecule has 0 heterocycles. The minimum absolute atomic E-state index is 0.0748. The predicted molar refractivity (Wildman–Crippen MR) is 79.9 cm³/mol. The molecule has 0 spiro atoms. The van der Waals surface area contributed by atoms with Crippen molar-refractivity contribution in [2.24, 2.45) is 0 Å². The highest BCUT2D eigenvalue weighted by molar-refractivity contribution is 6.18. The Labute approximate surface area is 127 Å². The molecule has 20 heavy (non-hydrogen) atoms. The van der Waals surface area contributed by atoms with E-state index in [1.54, 1.807) is 6.07 Å². The van der Waals surface area contributed by atoms with Crippen LogP contribution in [0.15, 0.2) is 24.3 Å². The maximum absolute atomic E-state index is 12.0. The summed E-state index contributed by atoms with van der Waals surface area (Å²) in [7, 11) is 0. The minimum Gasteiger partial charge on any atom is -0.301 e. The molecule has 0 amide bonds. The molecule has 0 atom stereocenters. The van der Waals surface area contributed by atoms with E-state index >= 15 is 0 Å². The summed E-state index contributed by atoms with van der Waals surface area (Å²) in [5.74, 6) is 0.826. The molecular weight excluding hydrogens is 303 g/mol. The second kappa shape index (κ2) is 8.89. The first-order chi connectivity index (χ1) is 9.58. The van der Waals surface area contributed by atoms with Gasteiger partial charge >= 0.3 is 0 Å². The van der Waals surface area contributed by atoms with Gasteiger partial charge in [-0.15, -0.1) is 23.2 Å². The van der Waals surface area contributed by atoms with E-state index in [1.807, 2.05) is 4.90 Å². The number of non-ortho nitro benzene ring substituents is 1. The van der Waals surface area contributed by atoms with Crippen molar-refractivity contribution in [3.05, 3.63) is 39.9 Å². The van der Waals surface area contributed by atoms with Gasteiger partial charge in [-0.3, -0.25) is 14.9 Å². The number of carbonyl (C=O) groups excluding carboxylic acids is 1. The summed E-state index contributed by atoms with van der Waals surface area (Å²) in [4.78, 5) is 24.2. The van der Waals surface area contributed by atoms with Crippen molar-refractivity contribution >= 4 is 34.7 Å². The van der Waals surface area contributed by atoms with Gasteiger partial charge in [0, 0.05) is 55.5 Å². The van der Waals surface area contributed by atoms with Crippen molar-refractivity contribution in [2.45, 2.75) is 6.42 Å². The number of nitro groups is 1. The van der Waals surface area contributed by atoms with E-state index in [0.29, 0.717) is 37.0 Å². The Hall–Kier alpha value is -1.17. The van der Waals surface area contributed by atoms with Crippen LogP contribution in [0.5, 0.6) is 0 Å². The van der Waals surface area contributed by atoms with Crippen LogP contribution in [0.3, 0.4) is 0 Å². The third kappa shape index (κ3) is 5.45. The second-order valence-electron chi connectivity index (χ2n) is 4.20. The summed E-state index contributed by atoms with van der Waals surface area (Å²) in [5, 5.41) is 10.7. The smallest absolute Gasteiger partial charge is 0.270 e. The molecule has 0 aromatic heterocycles. The minimum atomic E-state index is -0.510. The number of alkyl halides is 2. The van der Waals surface area contributed by atoms with Crippen LogP contribution in [0.4, 0.5) is 5.69 Å². The molecule has 0 aliphatic carbocycles. The maximum Gasteiger partial charge on any atom is 0.270 e. The molecule has 0 radical (unpaired) electrons. The molecular formula is C13H16Cl2N2O3. The van der Waals surface area contributed by atoms with E-state index in [1.165, 1.54) is 18.2 Å². The summed E-state index contributed by atoms with van der Waals surface area (Å²) < 4.78 is 0. The third-order valence-electron chi connectivity index (χ3n) is 2.84. The number of halogens is 2. The molecule has 0 unspecified atom stereocenters. The first-order valence-electron chi connectivity index (χ1n) is 6.20. The highest BCUT2D eigenvalue weighted by Crippen LogP contribution is 2.14. The summed E-state index contributed by atoms with van der Waals surface area (Å²) in [5.41, 5.74) is 0.283. The molecule has 0 aliphatic heterocycles. The normalized spacial score (nSPS) is 10.8. The van der Waals surface area contributed by atoms with Gasteiger partial charge in [-0.25, -0.2) is 0 Å². The van der Waals surface area contributed by atoms with Gasteiger partial charge in [0.05, 0.1) is 4.92 Å². The Morgan fingerprint density at radius 1 is 1.20 bits per heavy atom. The maximum atomic E-state index is 12.0. The fraction of sp³-hybridized carbons (Fsp3) is 0.462. The summed E-state index contributed by atoms with van der Waals surface area (Å²) in [6.45, 7) is 1.87.